The van der Waals surface area contributed by atoms with Gasteiger partial charge in [-0.2, -0.15) is 0 Å². The Morgan fingerprint density at radius 1 is 0.971 bits per heavy atom. The van der Waals surface area contributed by atoms with Crippen LogP contribution >= 0.6 is 15.9 Å². The van der Waals surface area contributed by atoms with E-state index in [0.29, 0.717) is 12.2 Å². The molecule has 0 heterocycles. The summed E-state index contributed by atoms with van der Waals surface area (Å²) in [7, 11) is -3.73. The van der Waals surface area contributed by atoms with E-state index in [1.165, 1.54) is 4.90 Å². The van der Waals surface area contributed by atoms with Crippen LogP contribution in [-0.2, 0) is 32.6 Å². The molecule has 2 aromatic rings. The third-order valence-corrected chi connectivity index (χ3v) is 7.10. The number of hydrogen-bond acceptors (Lipinski definition) is 4. The first-order valence-corrected chi connectivity index (χ1v) is 13.9. The smallest absolute Gasteiger partial charge is 0.244 e. The molecule has 186 valence electrons. The summed E-state index contributed by atoms with van der Waals surface area (Å²) in [5, 5.41) is 2.87. The summed E-state index contributed by atoms with van der Waals surface area (Å²) in [6.07, 6.45) is 1.90. The van der Waals surface area contributed by atoms with Gasteiger partial charge in [0, 0.05) is 17.6 Å². The number of aryl methyl sites for hydroxylation is 1. The van der Waals surface area contributed by atoms with Crippen molar-refractivity contribution in [3.05, 3.63) is 64.1 Å². The van der Waals surface area contributed by atoms with Gasteiger partial charge in [0.15, 0.2) is 0 Å². The van der Waals surface area contributed by atoms with Gasteiger partial charge in [-0.05, 0) is 54.7 Å². The minimum absolute atomic E-state index is 0.175. The van der Waals surface area contributed by atoms with Crippen LogP contribution in [0.1, 0.15) is 38.8 Å². The topological polar surface area (TPSA) is 86.8 Å². The fraction of sp³-hybridized carbons (Fsp3) is 0.440. The molecule has 1 N–H and O–H groups in total. The summed E-state index contributed by atoms with van der Waals surface area (Å²) in [4.78, 5) is 27.7. The lowest BCUT2D eigenvalue weighted by Crippen LogP contribution is -2.51. The molecule has 0 saturated heterocycles. The zero-order valence-corrected chi connectivity index (χ0v) is 22.8. The molecule has 2 aromatic carbocycles. The maximum absolute atomic E-state index is 13.5. The highest BCUT2D eigenvalue weighted by molar-refractivity contribution is 9.10. The fourth-order valence-electron chi connectivity index (χ4n) is 3.33. The van der Waals surface area contributed by atoms with Gasteiger partial charge in [-0.1, -0.05) is 61.0 Å². The van der Waals surface area contributed by atoms with Crippen molar-refractivity contribution in [3.8, 4) is 0 Å². The number of sulfonamides is 1. The zero-order chi connectivity index (χ0) is 25.5. The van der Waals surface area contributed by atoms with Crippen molar-refractivity contribution >= 4 is 43.5 Å². The lowest BCUT2D eigenvalue weighted by Gasteiger charge is -2.31. The summed E-state index contributed by atoms with van der Waals surface area (Å²) in [5.74, 6) is -0.476. The second-order valence-electron chi connectivity index (χ2n) is 8.75. The number of carbonyl (C=O) groups excluding carboxylic acids is 2. The van der Waals surface area contributed by atoms with Gasteiger partial charge < -0.3 is 10.2 Å². The molecule has 7 nitrogen and oxygen atoms in total. The Morgan fingerprint density at radius 2 is 1.53 bits per heavy atom. The van der Waals surface area contributed by atoms with Crippen LogP contribution < -0.4 is 9.62 Å². The first-order valence-electron chi connectivity index (χ1n) is 11.3. The number of amides is 2. The predicted octanol–water partition coefficient (Wildman–Crippen LogP) is 3.97. The lowest BCUT2D eigenvalue weighted by molar-refractivity contribution is -0.139. The average Bonchev–Trinajstić information content (AvgIpc) is 2.79. The van der Waals surface area contributed by atoms with Crippen LogP contribution in [0, 0.1) is 5.92 Å². The lowest BCUT2D eigenvalue weighted by atomic mass is 10.1. The van der Waals surface area contributed by atoms with E-state index in [1.807, 2.05) is 57.2 Å². The van der Waals surface area contributed by atoms with Gasteiger partial charge in [0.05, 0.1) is 11.9 Å². The Kier molecular flexibility index (Phi) is 10.1. The average molecular weight is 553 g/mol. The largest absolute Gasteiger partial charge is 0.354 e. The Balaban J connectivity index is 2.34. The summed E-state index contributed by atoms with van der Waals surface area (Å²) in [6.45, 7) is 7.92. The minimum Gasteiger partial charge on any atom is -0.354 e. The van der Waals surface area contributed by atoms with Crippen LogP contribution in [-0.4, -0.2) is 50.5 Å². The Hall–Kier alpha value is -2.39. The van der Waals surface area contributed by atoms with Crippen molar-refractivity contribution in [1.29, 1.82) is 0 Å². The van der Waals surface area contributed by atoms with Crippen molar-refractivity contribution < 1.29 is 18.0 Å². The quantitative estimate of drug-likeness (QED) is 0.457. The highest BCUT2D eigenvalue weighted by Gasteiger charge is 2.30. The third-order valence-electron chi connectivity index (χ3n) is 5.43. The molecule has 0 aliphatic carbocycles. The first kappa shape index (κ1) is 27.9. The van der Waals surface area contributed by atoms with Gasteiger partial charge in [0.25, 0.3) is 0 Å². The maximum atomic E-state index is 13.5. The summed E-state index contributed by atoms with van der Waals surface area (Å²) in [5.41, 5.74) is 2.31. The highest BCUT2D eigenvalue weighted by Crippen LogP contribution is 2.20. The molecule has 2 rings (SSSR count). The van der Waals surface area contributed by atoms with Gasteiger partial charge >= 0.3 is 0 Å². The highest BCUT2D eigenvalue weighted by atomic mass is 79.9. The van der Waals surface area contributed by atoms with Crippen LogP contribution in [0.15, 0.2) is 53.0 Å². The van der Waals surface area contributed by atoms with Gasteiger partial charge in [-0.25, -0.2) is 8.42 Å². The van der Waals surface area contributed by atoms with Gasteiger partial charge in [-0.3, -0.25) is 13.9 Å². The molecule has 0 aliphatic heterocycles. The van der Waals surface area contributed by atoms with E-state index in [-0.39, 0.29) is 18.4 Å². The van der Waals surface area contributed by atoms with Crippen molar-refractivity contribution in [2.45, 2.75) is 46.7 Å². The van der Waals surface area contributed by atoms with Crippen LogP contribution in [0.4, 0.5) is 5.69 Å². The van der Waals surface area contributed by atoms with Crippen LogP contribution in [0.25, 0.3) is 0 Å². The molecule has 9 heteroatoms. The van der Waals surface area contributed by atoms with Crippen LogP contribution in [0.3, 0.4) is 0 Å². The van der Waals surface area contributed by atoms with Gasteiger partial charge in [-0.15, -0.1) is 0 Å². The summed E-state index contributed by atoms with van der Waals surface area (Å²) in [6, 6.07) is 13.8. The number of halogens is 1. The molecule has 0 spiro atoms. The first-order chi connectivity index (χ1) is 15.9. The SMILES string of the molecule is CCc1ccc(N(CC(=O)N(Cc2ccc(Br)cc2)C(C)C(=O)NCC(C)C)S(C)(=O)=O)cc1. The molecule has 0 bridgehead atoms. The number of benzene rings is 2. The number of hydrogen-bond donors (Lipinski definition) is 1. The predicted molar refractivity (Wildman–Crippen MR) is 140 cm³/mol. The van der Waals surface area contributed by atoms with E-state index >= 15 is 0 Å². The van der Waals surface area contributed by atoms with Crippen molar-refractivity contribution in [1.82, 2.24) is 10.2 Å². The molecule has 2 amide bonds. The molecule has 1 unspecified atom stereocenters. The van der Waals surface area contributed by atoms with E-state index in [1.54, 1.807) is 19.1 Å². The van der Waals surface area contributed by atoms with Crippen molar-refractivity contribution in [2.75, 3.05) is 23.7 Å². The van der Waals surface area contributed by atoms with Crippen LogP contribution in [0.5, 0.6) is 0 Å². The molecule has 1 atom stereocenters. The zero-order valence-electron chi connectivity index (χ0n) is 20.4. The Labute approximate surface area is 211 Å². The molecular formula is C25H34BrN3O4S. The number of nitrogens with zero attached hydrogens (tertiary/aromatic N) is 2. The van der Waals surface area contributed by atoms with E-state index in [9.17, 15) is 18.0 Å². The maximum Gasteiger partial charge on any atom is 0.244 e. The monoisotopic (exact) mass is 551 g/mol. The normalized spacial score (nSPS) is 12.3. The second kappa shape index (κ2) is 12.4. The van der Waals surface area contributed by atoms with Crippen molar-refractivity contribution in [3.63, 3.8) is 0 Å². The number of anilines is 1. The minimum atomic E-state index is -3.73. The third kappa shape index (κ3) is 8.13. The molecule has 0 radical (unpaired) electrons. The van der Waals surface area contributed by atoms with E-state index in [0.717, 1.165) is 32.6 Å². The molecule has 0 aliphatic rings. The molecule has 0 aromatic heterocycles. The molecular weight excluding hydrogens is 518 g/mol. The number of carbonyl (C=O) groups is 2. The van der Waals surface area contributed by atoms with Crippen LogP contribution in [0.2, 0.25) is 0 Å². The van der Waals surface area contributed by atoms with Gasteiger partial charge in [0.1, 0.15) is 12.6 Å². The number of nitrogens with one attached hydrogen (secondary N) is 1. The fourth-order valence-corrected chi connectivity index (χ4v) is 4.45. The number of rotatable bonds is 11. The summed E-state index contributed by atoms with van der Waals surface area (Å²) < 4.78 is 27.2. The van der Waals surface area contributed by atoms with E-state index < -0.39 is 28.5 Å². The molecule has 34 heavy (non-hydrogen) atoms. The Bertz CT molecular complexity index is 1070. The van der Waals surface area contributed by atoms with E-state index in [4.69, 9.17) is 0 Å². The van der Waals surface area contributed by atoms with E-state index in [2.05, 4.69) is 21.2 Å². The second-order valence-corrected chi connectivity index (χ2v) is 11.6. The standard InChI is InChI=1S/C25H34BrN3O4S/c1-6-20-9-13-23(14-10-20)29(34(5,32)33)17-24(30)28(16-21-7-11-22(26)12-8-21)19(4)25(31)27-15-18(2)3/h7-14,18-19H,6,15-17H2,1-5H3,(H,27,31). The molecule has 0 fully saturated rings. The van der Waals surface area contributed by atoms with Crippen molar-refractivity contribution in [2.24, 2.45) is 5.92 Å². The van der Waals surface area contributed by atoms with Gasteiger partial charge in [0.2, 0.25) is 21.8 Å². The Morgan fingerprint density at radius 3 is 2.03 bits per heavy atom. The molecule has 0 saturated carbocycles. The summed E-state index contributed by atoms with van der Waals surface area (Å²) >= 11 is 3.40.